The van der Waals surface area contributed by atoms with E-state index in [0.29, 0.717) is 16.0 Å². The van der Waals surface area contributed by atoms with Crippen molar-refractivity contribution in [2.24, 2.45) is 4.99 Å². The number of hydrogen-bond donors (Lipinski definition) is 0. The van der Waals surface area contributed by atoms with Gasteiger partial charge >= 0.3 is 11.9 Å². The van der Waals surface area contributed by atoms with Crippen LogP contribution in [0.4, 0.5) is 0 Å². The maximum atomic E-state index is 12.5. The number of hydrogen-bond acceptors (Lipinski definition) is 9. The Morgan fingerprint density at radius 3 is 1.63 bits per heavy atom. The average Bonchev–Trinajstić information content (AvgIpc) is 3.33. The van der Waals surface area contributed by atoms with Gasteiger partial charge in [-0.05, 0) is 150 Å². The maximum Gasteiger partial charge on any atom is 0.337 e. The molecule has 9 rings (SSSR count). The number of esters is 2. The fourth-order valence-corrected chi connectivity index (χ4v) is 10.7. The molecule has 0 bridgehead atoms. The van der Waals surface area contributed by atoms with Gasteiger partial charge in [-0.15, -0.1) is 0 Å². The lowest BCUT2D eigenvalue weighted by atomic mass is 9.94. The summed E-state index contributed by atoms with van der Waals surface area (Å²) < 4.78 is 35.3. The largest absolute Gasteiger partial charge is 0.465 e. The van der Waals surface area contributed by atoms with Gasteiger partial charge in [0.05, 0.1) is 30.2 Å². The van der Waals surface area contributed by atoms with Crippen LogP contribution in [0.1, 0.15) is 72.1 Å². The van der Waals surface area contributed by atoms with Crippen LogP contribution in [0.15, 0.2) is 198 Å². The van der Waals surface area contributed by atoms with Gasteiger partial charge in [-0.3, -0.25) is 4.99 Å². The van der Waals surface area contributed by atoms with E-state index >= 15 is 0 Å². The van der Waals surface area contributed by atoms with Crippen LogP contribution in [0, 0.1) is 6.92 Å². The quantitative estimate of drug-likeness (QED) is 0.110. The van der Waals surface area contributed by atoms with Crippen LogP contribution in [0.25, 0.3) is 5.57 Å². The van der Waals surface area contributed by atoms with Gasteiger partial charge in [0.1, 0.15) is 5.88 Å². The highest BCUT2D eigenvalue weighted by Crippen LogP contribution is 2.41. The van der Waals surface area contributed by atoms with Gasteiger partial charge in [-0.2, -0.15) is 0 Å². The number of halogens is 1. The summed E-state index contributed by atoms with van der Waals surface area (Å²) in [5.74, 6) is -0.888. The number of aryl methyl sites for hydroxylation is 1. The van der Waals surface area contributed by atoms with E-state index in [9.17, 15) is 18.0 Å². The van der Waals surface area contributed by atoms with Crippen molar-refractivity contribution in [3.63, 3.8) is 0 Å². The molecular formula is C54H46BrNO6S3. The lowest BCUT2D eigenvalue weighted by molar-refractivity contribution is 0.0592. The van der Waals surface area contributed by atoms with E-state index in [1.54, 1.807) is 48.2 Å². The van der Waals surface area contributed by atoms with Gasteiger partial charge in [0, 0.05) is 29.8 Å². The number of ether oxygens (including phenoxy) is 2. The molecule has 0 saturated carbocycles. The number of benzene rings is 7. The molecule has 7 nitrogen and oxygen atoms in total. The van der Waals surface area contributed by atoms with Crippen LogP contribution in [0.2, 0.25) is 0 Å². The Labute approximate surface area is 398 Å². The molecular weight excluding hydrogens is 935 g/mol. The summed E-state index contributed by atoms with van der Waals surface area (Å²) in [6, 6.07) is 51.1. The number of carbonyl (C=O) groups excluding carboxylic acids is 2. The SMILES string of the molecule is C=C(c1cccc(C(=O)OC)c1)c1ccc2c(c1)Cc1ccccc1S2.CC(=NCS(=O)(=O)c1ccc(C)cc1)c1ccc2c(c1)Cc1ccccc1S2.COC(=O)c1cccc(Br)c1. The van der Waals surface area contributed by atoms with E-state index in [1.165, 1.54) is 56.1 Å². The van der Waals surface area contributed by atoms with Crippen molar-refractivity contribution >= 4 is 72.5 Å². The van der Waals surface area contributed by atoms with Crippen LogP contribution in [-0.2, 0) is 32.2 Å². The van der Waals surface area contributed by atoms with Gasteiger partial charge in [-0.1, -0.05) is 130 Å². The highest BCUT2D eigenvalue weighted by molar-refractivity contribution is 9.10. The minimum absolute atomic E-state index is 0.240. The first-order valence-electron chi connectivity index (χ1n) is 20.6. The lowest BCUT2D eigenvalue weighted by Gasteiger charge is -2.20. The molecule has 0 atom stereocenters. The fraction of sp³-hybridized carbons (Fsp3) is 0.130. The Kier molecular flexibility index (Phi) is 15.4. The van der Waals surface area contributed by atoms with E-state index in [1.807, 2.05) is 68.1 Å². The van der Waals surface area contributed by atoms with E-state index in [0.717, 1.165) is 50.9 Å². The van der Waals surface area contributed by atoms with Crippen molar-refractivity contribution in [2.45, 2.75) is 51.2 Å². The number of aliphatic imine (C=N–C) groups is 1. The molecule has 0 aliphatic carbocycles. The predicted molar refractivity (Wildman–Crippen MR) is 266 cm³/mol. The number of carbonyl (C=O) groups is 2. The molecule has 11 heteroatoms. The van der Waals surface area contributed by atoms with E-state index in [2.05, 4.69) is 111 Å². The van der Waals surface area contributed by atoms with Crippen LogP contribution < -0.4 is 0 Å². The topological polar surface area (TPSA) is 99.1 Å². The van der Waals surface area contributed by atoms with Crippen molar-refractivity contribution in [3.05, 3.63) is 224 Å². The Bertz CT molecular complexity index is 3050. The molecule has 0 radical (unpaired) electrons. The second kappa shape index (κ2) is 21.3. The normalized spacial score (nSPS) is 12.3. The Hall–Kier alpha value is -5.98. The molecule has 328 valence electrons. The van der Waals surface area contributed by atoms with Gasteiger partial charge < -0.3 is 9.47 Å². The van der Waals surface area contributed by atoms with Gasteiger partial charge in [-0.25, -0.2) is 18.0 Å². The standard InChI is InChI=1S/C23H21NO2S2.C23H18O2S.C8H7BrO2/c1-16-7-10-21(11-8-16)28(25,26)15-24-17(2)18-9-12-23-20(13-18)14-19-5-3-4-6-22(19)27-23;1-15(16-7-5-8-19(12-16)23(24)25-2)17-10-11-22-20(13-17)14-18-6-3-4-9-21(18)26-22;1-11-8(10)6-3-2-4-7(9)5-6/h3-13H,14-15H2,1-2H3;3-13H,1,14H2,2H3;2-5H,1H3. The molecule has 0 fully saturated rings. The van der Waals surface area contributed by atoms with E-state index in [-0.39, 0.29) is 17.8 Å². The van der Waals surface area contributed by atoms with Crippen LogP contribution in [0.5, 0.6) is 0 Å². The number of methoxy groups -OCH3 is 2. The molecule has 0 aromatic heterocycles. The molecule has 0 spiro atoms. The highest BCUT2D eigenvalue weighted by atomic mass is 79.9. The number of sulfone groups is 1. The summed E-state index contributed by atoms with van der Waals surface area (Å²) >= 11 is 6.85. The third kappa shape index (κ3) is 11.8. The third-order valence-electron chi connectivity index (χ3n) is 10.8. The van der Waals surface area contributed by atoms with Crippen molar-refractivity contribution in [1.29, 1.82) is 0 Å². The average molecular weight is 981 g/mol. The maximum absolute atomic E-state index is 12.5. The summed E-state index contributed by atoms with van der Waals surface area (Å²) in [6.07, 6.45) is 1.82. The first-order chi connectivity index (χ1) is 31.3. The third-order valence-corrected chi connectivity index (χ3v) is 15.2. The molecule has 2 aliphatic heterocycles. The first kappa shape index (κ1) is 47.0. The molecule has 7 aromatic rings. The van der Waals surface area contributed by atoms with Crippen LogP contribution >= 0.6 is 39.5 Å². The summed E-state index contributed by atoms with van der Waals surface area (Å²) in [5, 5.41) is 0. The first-order valence-corrected chi connectivity index (χ1v) is 24.7. The van der Waals surface area contributed by atoms with Gasteiger partial charge in [0.15, 0.2) is 9.84 Å². The van der Waals surface area contributed by atoms with Crippen molar-refractivity contribution in [2.75, 3.05) is 20.1 Å². The van der Waals surface area contributed by atoms with Crippen molar-refractivity contribution < 1.29 is 27.5 Å². The Balaban J connectivity index is 0.000000158. The monoisotopic (exact) mass is 979 g/mol. The molecule has 0 N–H and O–H groups in total. The van der Waals surface area contributed by atoms with E-state index in [4.69, 9.17) is 4.74 Å². The Morgan fingerprint density at radius 1 is 0.585 bits per heavy atom. The van der Waals surface area contributed by atoms with Crippen LogP contribution in [-0.4, -0.2) is 46.2 Å². The molecule has 0 amide bonds. The molecule has 0 saturated heterocycles. The summed E-state index contributed by atoms with van der Waals surface area (Å²) in [6.45, 7) is 8.06. The van der Waals surface area contributed by atoms with Crippen molar-refractivity contribution in [1.82, 2.24) is 0 Å². The predicted octanol–water partition coefficient (Wildman–Crippen LogP) is 13.1. The summed E-state index contributed by atoms with van der Waals surface area (Å²) in [7, 11) is -0.673. The summed E-state index contributed by atoms with van der Waals surface area (Å²) in [4.78, 5) is 32.6. The number of rotatable bonds is 8. The fourth-order valence-electron chi connectivity index (χ4n) is 7.14. The van der Waals surface area contributed by atoms with Gasteiger partial charge in [0.25, 0.3) is 0 Å². The Morgan fingerprint density at radius 2 is 1.06 bits per heavy atom. The molecule has 65 heavy (non-hydrogen) atoms. The number of fused-ring (bicyclic) bond motifs is 4. The van der Waals surface area contributed by atoms with Crippen molar-refractivity contribution in [3.8, 4) is 0 Å². The summed E-state index contributed by atoms with van der Waals surface area (Å²) in [5.41, 5.74) is 12.0. The molecule has 0 unspecified atom stereocenters. The van der Waals surface area contributed by atoms with E-state index < -0.39 is 9.84 Å². The zero-order valence-electron chi connectivity index (χ0n) is 36.3. The zero-order chi connectivity index (χ0) is 46.1. The molecule has 2 aliphatic rings. The second-order valence-corrected chi connectivity index (χ2v) is 20.3. The zero-order valence-corrected chi connectivity index (χ0v) is 40.4. The number of nitrogens with zero attached hydrogens (tertiary/aromatic N) is 1. The van der Waals surface area contributed by atoms with Gasteiger partial charge in [0.2, 0.25) is 0 Å². The molecule has 2 heterocycles. The minimum Gasteiger partial charge on any atom is -0.465 e. The van der Waals surface area contributed by atoms with Crippen LogP contribution in [0.3, 0.4) is 0 Å². The highest BCUT2D eigenvalue weighted by Gasteiger charge is 2.19. The molecule has 7 aromatic carbocycles. The smallest absolute Gasteiger partial charge is 0.337 e. The minimum atomic E-state index is -3.43. The second-order valence-electron chi connectivity index (χ2n) is 15.3. The lowest BCUT2D eigenvalue weighted by Crippen LogP contribution is -2.08.